The fraction of sp³-hybridized carbons (Fsp3) is 0.429. The summed E-state index contributed by atoms with van der Waals surface area (Å²) in [6.07, 6.45) is 11.1. The van der Waals surface area contributed by atoms with Crippen molar-refractivity contribution in [1.29, 1.82) is 0 Å². The standard InChI is InChI=1S/C42H63N15/c43-7-16-55(17-8-44)22-13-49-31-40-4-1-34(28-52-40)37-25-38(35-2-5-41(53-29-35)32-50-14-23-56(18-9-45)19-10-46)27-39(26-37)36-3-6-42(54-30-36)33-51-15-24-57(20-11-47)21-12-48/h1-6,25-33H,7-24,43-48H2. The average Bonchev–Trinajstić information content (AvgIpc) is 3.23. The fourth-order valence-electron chi connectivity index (χ4n) is 6.26. The minimum Gasteiger partial charge on any atom is -0.329 e. The Hall–Kier alpha value is -4.68. The summed E-state index contributed by atoms with van der Waals surface area (Å²) in [5, 5.41) is 0. The number of nitrogens with two attached hydrogens (primary N) is 6. The molecular weight excluding hydrogens is 715 g/mol. The first-order valence-electron chi connectivity index (χ1n) is 19.9. The van der Waals surface area contributed by atoms with Crippen molar-refractivity contribution in [2.45, 2.75) is 0 Å². The molecule has 0 unspecified atom stereocenters. The van der Waals surface area contributed by atoms with Crippen LogP contribution in [0.2, 0.25) is 0 Å². The summed E-state index contributed by atoms with van der Waals surface area (Å²) in [5.41, 5.74) is 42.8. The molecule has 0 bridgehead atoms. The van der Waals surface area contributed by atoms with Gasteiger partial charge in [-0.15, -0.1) is 0 Å². The summed E-state index contributed by atoms with van der Waals surface area (Å²) < 4.78 is 0. The highest BCUT2D eigenvalue weighted by atomic mass is 15.2. The zero-order valence-electron chi connectivity index (χ0n) is 33.4. The molecule has 0 aliphatic heterocycles. The molecule has 15 heteroatoms. The zero-order chi connectivity index (χ0) is 40.5. The predicted octanol–water partition coefficient (Wildman–Crippen LogP) is 0.788. The Kier molecular flexibility index (Phi) is 20.8. The number of nitrogens with zero attached hydrogens (tertiary/aromatic N) is 9. The molecule has 0 amide bonds. The number of benzene rings is 1. The van der Waals surface area contributed by atoms with Crippen molar-refractivity contribution in [2.75, 3.05) is 118 Å². The Bertz CT molecular complexity index is 1540. The van der Waals surface area contributed by atoms with Gasteiger partial charge in [0.05, 0.1) is 36.7 Å². The number of rotatable bonds is 27. The quantitative estimate of drug-likeness (QED) is 0.0461. The molecule has 0 saturated heterocycles. The fourth-order valence-corrected chi connectivity index (χ4v) is 6.26. The number of pyridine rings is 3. The molecular formula is C42H63N15. The van der Waals surface area contributed by atoms with E-state index in [1.54, 1.807) is 0 Å². The van der Waals surface area contributed by atoms with E-state index >= 15 is 0 Å². The van der Waals surface area contributed by atoms with Crippen molar-refractivity contribution >= 4 is 18.6 Å². The van der Waals surface area contributed by atoms with Gasteiger partial charge in [0.25, 0.3) is 0 Å². The van der Waals surface area contributed by atoms with Crippen LogP contribution in [0.15, 0.2) is 88.2 Å². The number of hydrogen-bond acceptors (Lipinski definition) is 15. The van der Waals surface area contributed by atoms with Gasteiger partial charge in [-0.25, -0.2) is 0 Å². The lowest BCUT2D eigenvalue weighted by molar-refractivity contribution is 0.297. The molecule has 15 nitrogen and oxygen atoms in total. The third-order valence-electron chi connectivity index (χ3n) is 9.27. The molecule has 57 heavy (non-hydrogen) atoms. The molecule has 0 fully saturated rings. The molecule has 0 aliphatic rings. The normalized spacial score (nSPS) is 12.2. The van der Waals surface area contributed by atoms with Crippen LogP contribution in [0.4, 0.5) is 0 Å². The predicted molar refractivity (Wildman–Crippen MR) is 237 cm³/mol. The van der Waals surface area contributed by atoms with E-state index in [-0.39, 0.29) is 0 Å². The topological polar surface area (TPSA) is 242 Å². The minimum atomic E-state index is 0.597. The highest BCUT2D eigenvalue weighted by molar-refractivity contribution is 5.84. The van der Waals surface area contributed by atoms with E-state index in [9.17, 15) is 0 Å². The Morgan fingerprint density at radius 2 is 0.632 bits per heavy atom. The molecule has 0 spiro atoms. The maximum Gasteiger partial charge on any atom is 0.0808 e. The van der Waals surface area contributed by atoms with Crippen LogP contribution in [0, 0.1) is 0 Å². The van der Waals surface area contributed by atoms with Crippen LogP contribution in [0.25, 0.3) is 33.4 Å². The van der Waals surface area contributed by atoms with Crippen LogP contribution in [0.1, 0.15) is 17.1 Å². The second-order valence-corrected chi connectivity index (χ2v) is 13.6. The average molecular weight is 778 g/mol. The third kappa shape index (κ3) is 16.0. The van der Waals surface area contributed by atoms with E-state index in [2.05, 4.69) is 66.1 Å². The van der Waals surface area contributed by atoms with Crippen LogP contribution >= 0.6 is 0 Å². The van der Waals surface area contributed by atoms with Crippen LogP contribution in [0.5, 0.6) is 0 Å². The van der Waals surface area contributed by atoms with E-state index in [1.165, 1.54) is 0 Å². The zero-order valence-corrected chi connectivity index (χ0v) is 33.4. The Balaban J connectivity index is 1.54. The summed E-state index contributed by atoms with van der Waals surface area (Å²) in [6.45, 7) is 12.8. The Labute approximate surface area is 338 Å². The molecule has 0 radical (unpaired) electrons. The van der Waals surface area contributed by atoms with E-state index < -0.39 is 0 Å². The molecule has 0 saturated carbocycles. The summed E-state index contributed by atoms with van der Waals surface area (Å²) in [4.78, 5) is 34.6. The van der Waals surface area contributed by atoms with Gasteiger partial charge >= 0.3 is 0 Å². The van der Waals surface area contributed by atoms with Crippen molar-refractivity contribution in [1.82, 2.24) is 29.7 Å². The van der Waals surface area contributed by atoms with E-state index in [0.717, 1.165) is 109 Å². The van der Waals surface area contributed by atoms with Gasteiger partial charge in [0.15, 0.2) is 0 Å². The lowest BCUT2D eigenvalue weighted by atomic mass is 9.94. The lowest BCUT2D eigenvalue weighted by Crippen LogP contribution is -2.35. The molecule has 4 aromatic rings. The first kappa shape index (κ1) is 45.0. The maximum atomic E-state index is 5.74. The Morgan fingerprint density at radius 3 is 0.842 bits per heavy atom. The monoisotopic (exact) mass is 778 g/mol. The van der Waals surface area contributed by atoms with Gasteiger partial charge < -0.3 is 34.4 Å². The third-order valence-corrected chi connectivity index (χ3v) is 9.27. The van der Waals surface area contributed by atoms with Crippen molar-refractivity contribution in [3.05, 3.63) is 90.3 Å². The van der Waals surface area contributed by atoms with Crippen LogP contribution in [-0.4, -0.2) is 166 Å². The van der Waals surface area contributed by atoms with Crippen LogP contribution < -0.4 is 34.4 Å². The molecule has 306 valence electrons. The summed E-state index contributed by atoms with van der Waals surface area (Å²) >= 11 is 0. The largest absolute Gasteiger partial charge is 0.329 e. The number of aromatic nitrogens is 3. The molecule has 4 rings (SSSR count). The Morgan fingerprint density at radius 1 is 0.368 bits per heavy atom. The number of hydrogen-bond donors (Lipinski definition) is 6. The smallest absolute Gasteiger partial charge is 0.0808 e. The van der Waals surface area contributed by atoms with Gasteiger partial charge in [0.2, 0.25) is 0 Å². The summed E-state index contributed by atoms with van der Waals surface area (Å²) in [7, 11) is 0. The second kappa shape index (κ2) is 26.3. The van der Waals surface area contributed by atoms with Gasteiger partial charge in [-0.3, -0.25) is 44.6 Å². The van der Waals surface area contributed by atoms with Crippen LogP contribution in [-0.2, 0) is 0 Å². The van der Waals surface area contributed by atoms with E-state index in [0.29, 0.717) is 58.9 Å². The summed E-state index contributed by atoms with van der Waals surface area (Å²) in [6, 6.07) is 18.7. The maximum absolute atomic E-state index is 5.74. The first-order chi connectivity index (χ1) is 28.0. The second-order valence-electron chi connectivity index (χ2n) is 13.6. The summed E-state index contributed by atoms with van der Waals surface area (Å²) in [5.74, 6) is 0. The molecule has 12 N–H and O–H groups in total. The lowest BCUT2D eigenvalue weighted by Gasteiger charge is -2.19. The van der Waals surface area contributed by atoms with Gasteiger partial charge in [-0.05, 0) is 53.1 Å². The number of aliphatic imine (C=N–C) groups is 3. The van der Waals surface area contributed by atoms with Crippen molar-refractivity contribution in [3.63, 3.8) is 0 Å². The van der Waals surface area contributed by atoms with Gasteiger partial charge in [0, 0.05) is 152 Å². The van der Waals surface area contributed by atoms with Crippen molar-refractivity contribution in [3.8, 4) is 33.4 Å². The highest BCUT2D eigenvalue weighted by Crippen LogP contribution is 2.32. The van der Waals surface area contributed by atoms with Crippen molar-refractivity contribution in [2.24, 2.45) is 49.4 Å². The first-order valence-corrected chi connectivity index (χ1v) is 19.9. The molecule has 3 aromatic heterocycles. The molecule has 1 aromatic carbocycles. The van der Waals surface area contributed by atoms with E-state index in [1.807, 2.05) is 55.4 Å². The minimum absolute atomic E-state index is 0.597. The van der Waals surface area contributed by atoms with Gasteiger partial charge in [-0.1, -0.05) is 18.2 Å². The van der Waals surface area contributed by atoms with Crippen molar-refractivity contribution < 1.29 is 0 Å². The SMILES string of the molecule is NCCN(CCN)CCN=Cc1ccc(-c2cc(-c3ccc(C=NCCN(CCN)CCN)nc3)cc(-c3ccc(C=NCCN(CCN)CCN)nc3)c2)cn1. The van der Waals surface area contributed by atoms with Gasteiger partial charge in [-0.2, -0.15) is 0 Å². The molecule has 0 atom stereocenters. The molecule has 3 heterocycles. The van der Waals surface area contributed by atoms with Crippen LogP contribution in [0.3, 0.4) is 0 Å². The highest BCUT2D eigenvalue weighted by Gasteiger charge is 2.10. The van der Waals surface area contributed by atoms with Gasteiger partial charge in [0.1, 0.15) is 0 Å². The molecule has 0 aliphatic carbocycles. The van der Waals surface area contributed by atoms with E-state index in [4.69, 9.17) is 49.4 Å².